The first-order chi connectivity index (χ1) is 16.3. The second-order valence-corrected chi connectivity index (χ2v) is 8.50. The first-order valence-electron chi connectivity index (χ1n) is 11.1. The van der Waals surface area contributed by atoms with E-state index in [0.717, 1.165) is 12.0 Å². The first kappa shape index (κ1) is 23.4. The summed E-state index contributed by atoms with van der Waals surface area (Å²) in [6.07, 6.45) is 1.81. The highest BCUT2D eigenvalue weighted by Gasteiger charge is 2.28. The predicted octanol–water partition coefficient (Wildman–Crippen LogP) is 4.22. The van der Waals surface area contributed by atoms with Crippen LogP contribution in [0.2, 0.25) is 0 Å². The van der Waals surface area contributed by atoms with E-state index in [-0.39, 0.29) is 17.8 Å². The maximum absolute atomic E-state index is 14.3. The Morgan fingerprint density at radius 3 is 2.68 bits per heavy atom. The van der Waals surface area contributed by atoms with E-state index in [9.17, 15) is 13.6 Å². The Kier molecular flexibility index (Phi) is 6.90. The molecule has 0 bridgehead atoms. The van der Waals surface area contributed by atoms with Crippen molar-refractivity contribution in [1.29, 1.82) is 0 Å². The molecule has 1 aliphatic rings. The number of carbonyl (C=O) groups excluding carboxylic acids is 1. The quantitative estimate of drug-likeness (QED) is 0.561. The molecule has 2 aromatic carbocycles. The fourth-order valence-corrected chi connectivity index (χ4v) is 3.80. The normalized spacial score (nSPS) is 16.3. The summed E-state index contributed by atoms with van der Waals surface area (Å²) in [6, 6.07) is 13.1. The number of aromatic nitrogens is 2. The standard InChI is InChI=1S/C25H27F2N5O2/c1-16(24(33)29-19-6-4-5-18(26)13-19)17-7-9-20(10-8-17)34-21-11-12-32(15-21)23-22(27)14-28-25(30-23)31(2)3/h4-10,13-14,16,21H,11-12,15H2,1-3H3,(H,29,33)/t16?,21-/m1/s1. The fourth-order valence-electron chi connectivity index (χ4n) is 3.80. The second kappa shape index (κ2) is 10.0. The highest BCUT2D eigenvalue weighted by Crippen LogP contribution is 2.27. The van der Waals surface area contributed by atoms with Crippen LogP contribution >= 0.6 is 0 Å². The van der Waals surface area contributed by atoms with Crippen molar-refractivity contribution >= 4 is 23.4 Å². The van der Waals surface area contributed by atoms with Gasteiger partial charge < -0.3 is 19.9 Å². The van der Waals surface area contributed by atoms with Crippen molar-refractivity contribution in [3.8, 4) is 5.75 Å². The predicted molar refractivity (Wildman–Crippen MR) is 127 cm³/mol. The number of hydrogen-bond acceptors (Lipinski definition) is 6. The molecule has 2 heterocycles. The summed E-state index contributed by atoms with van der Waals surface area (Å²) in [5.74, 6) is -0.115. The zero-order valence-electron chi connectivity index (χ0n) is 19.3. The molecule has 0 radical (unpaired) electrons. The molecule has 9 heteroatoms. The van der Waals surface area contributed by atoms with Crippen LogP contribution in [0.1, 0.15) is 24.8 Å². The van der Waals surface area contributed by atoms with Crippen molar-refractivity contribution in [2.45, 2.75) is 25.4 Å². The van der Waals surface area contributed by atoms with E-state index in [4.69, 9.17) is 4.74 Å². The third-order valence-corrected chi connectivity index (χ3v) is 5.73. The molecule has 1 N–H and O–H groups in total. The highest BCUT2D eigenvalue weighted by atomic mass is 19.1. The molecule has 2 atom stereocenters. The molecule has 0 aliphatic carbocycles. The van der Waals surface area contributed by atoms with Crippen molar-refractivity contribution in [3.05, 3.63) is 71.9 Å². The number of nitrogens with one attached hydrogen (secondary N) is 1. The molecule has 4 rings (SSSR count). The van der Waals surface area contributed by atoms with E-state index in [0.29, 0.717) is 30.5 Å². The van der Waals surface area contributed by atoms with Crippen LogP contribution in [-0.4, -0.2) is 49.2 Å². The minimum absolute atomic E-state index is 0.114. The Balaban J connectivity index is 1.35. The first-order valence-corrected chi connectivity index (χ1v) is 11.1. The van der Waals surface area contributed by atoms with Gasteiger partial charge in [0.05, 0.1) is 18.7 Å². The highest BCUT2D eigenvalue weighted by molar-refractivity contribution is 5.95. The van der Waals surface area contributed by atoms with Gasteiger partial charge in [0, 0.05) is 32.7 Å². The molecule has 1 aliphatic heterocycles. The lowest BCUT2D eigenvalue weighted by atomic mass is 10.00. The van der Waals surface area contributed by atoms with E-state index >= 15 is 0 Å². The minimum atomic E-state index is -0.457. The van der Waals surface area contributed by atoms with E-state index in [1.165, 1.54) is 18.3 Å². The Morgan fingerprint density at radius 2 is 1.97 bits per heavy atom. The molecule has 1 unspecified atom stereocenters. The minimum Gasteiger partial charge on any atom is -0.489 e. The summed E-state index contributed by atoms with van der Waals surface area (Å²) in [4.78, 5) is 24.5. The van der Waals surface area contributed by atoms with Gasteiger partial charge in [0.2, 0.25) is 11.9 Å². The van der Waals surface area contributed by atoms with Crippen LogP contribution in [0.5, 0.6) is 5.75 Å². The number of amides is 1. The number of rotatable bonds is 7. The van der Waals surface area contributed by atoms with Gasteiger partial charge in [0.1, 0.15) is 17.7 Å². The van der Waals surface area contributed by atoms with Gasteiger partial charge in [-0.25, -0.2) is 13.8 Å². The van der Waals surface area contributed by atoms with Crippen LogP contribution in [0.25, 0.3) is 0 Å². The van der Waals surface area contributed by atoms with E-state index in [1.54, 1.807) is 24.0 Å². The Labute approximate surface area is 197 Å². The molecule has 7 nitrogen and oxygen atoms in total. The van der Waals surface area contributed by atoms with Crippen LogP contribution < -0.4 is 19.9 Å². The average Bonchev–Trinajstić information content (AvgIpc) is 3.27. The third-order valence-electron chi connectivity index (χ3n) is 5.73. The zero-order chi connectivity index (χ0) is 24.2. The number of halogens is 2. The molecule has 1 saturated heterocycles. The van der Waals surface area contributed by atoms with Crippen molar-refractivity contribution in [1.82, 2.24) is 9.97 Å². The van der Waals surface area contributed by atoms with E-state index in [1.807, 2.05) is 43.3 Å². The Hall–Kier alpha value is -3.75. The van der Waals surface area contributed by atoms with Crippen LogP contribution in [-0.2, 0) is 4.79 Å². The van der Waals surface area contributed by atoms with Gasteiger partial charge in [-0.3, -0.25) is 4.79 Å². The van der Waals surface area contributed by atoms with Crippen molar-refractivity contribution in [2.75, 3.05) is 42.3 Å². The topological polar surface area (TPSA) is 70.6 Å². The van der Waals surface area contributed by atoms with E-state index < -0.39 is 17.6 Å². The van der Waals surface area contributed by atoms with Crippen LogP contribution in [0.4, 0.5) is 26.2 Å². The number of hydrogen-bond donors (Lipinski definition) is 1. The van der Waals surface area contributed by atoms with Crippen LogP contribution in [0.3, 0.4) is 0 Å². The maximum Gasteiger partial charge on any atom is 0.231 e. The SMILES string of the molecule is CC(C(=O)Nc1cccc(F)c1)c1ccc(O[C@@H]2CCN(c3nc(N(C)C)ncc3F)C2)cc1. The van der Waals surface area contributed by atoms with Crippen molar-refractivity contribution in [2.24, 2.45) is 0 Å². The fraction of sp³-hybridized carbons (Fsp3) is 0.320. The zero-order valence-corrected chi connectivity index (χ0v) is 19.3. The summed E-state index contributed by atoms with van der Waals surface area (Å²) in [5, 5.41) is 2.73. The van der Waals surface area contributed by atoms with Gasteiger partial charge in [0.25, 0.3) is 0 Å². The smallest absolute Gasteiger partial charge is 0.231 e. The van der Waals surface area contributed by atoms with Crippen LogP contribution in [0.15, 0.2) is 54.7 Å². The number of nitrogens with zero attached hydrogens (tertiary/aromatic N) is 4. The van der Waals surface area contributed by atoms with Crippen molar-refractivity contribution < 1.29 is 18.3 Å². The number of anilines is 3. The van der Waals surface area contributed by atoms with Gasteiger partial charge in [-0.05, 0) is 42.8 Å². The molecule has 178 valence electrons. The number of ether oxygens (including phenoxy) is 1. The van der Waals surface area contributed by atoms with Gasteiger partial charge in [-0.15, -0.1) is 0 Å². The lowest BCUT2D eigenvalue weighted by Gasteiger charge is -2.20. The molecule has 34 heavy (non-hydrogen) atoms. The van der Waals surface area contributed by atoms with E-state index in [2.05, 4.69) is 15.3 Å². The van der Waals surface area contributed by atoms with Gasteiger partial charge in [-0.1, -0.05) is 18.2 Å². The molecule has 1 aromatic heterocycles. The lowest BCUT2D eigenvalue weighted by Crippen LogP contribution is -2.27. The molecule has 0 spiro atoms. The molecule has 1 amide bonds. The second-order valence-electron chi connectivity index (χ2n) is 8.50. The summed E-state index contributed by atoms with van der Waals surface area (Å²) >= 11 is 0. The summed E-state index contributed by atoms with van der Waals surface area (Å²) in [6.45, 7) is 2.92. The molecule has 1 fully saturated rings. The largest absolute Gasteiger partial charge is 0.489 e. The van der Waals surface area contributed by atoms with Gasteiger partial charge in [-0.2, -0.15) is 4.98 Å². The maximum atomic E-state index is 14.3. The number of benzene rings is 2. The monoisotopic (exact) mass is 467 g/mol. The van der Waals surface area contributed by atoms with Gasteiger partial charge in [0.15, 0.2) is 11.6 Å². The molecular weight excluding hydrogens is 440 g/mol. The molecule has 3 aromatic rings. The Morgan fingerprint density at radius 1 is 1.21 bits per heavy atom. The summed E-state index contributed by atoms with van der Waals surface area (Å²) in [5.41, 5.74) is 1.23. The Bertz CT molecular complexity index is 1160. The van der Waals surface area contributed by atoms with Crippen molar-refractivity contribution in [3.63, 3.8) is 0 Å². The molecular formula is C25H27F2N5O2. The lowest BCUT2D eigenvalue weighted by molar-refractivity contribution is -0.117. The van der Waals surface area contributed by atoms with Gasteiger partial charge >= 0.3 is 0 Å². The summed E-state index contributed by atoms with van der Waals surface area (Å²) in [7, 11) is 3.62. The summed E-state index contributed by atoms with van der Waals surface area (Å²) < 4.78 is 33.7. The average molecular weight is 468 g/mol. The third kappa shape index (κ3) is 5.41. The number of carbonyl (C=O) groups is 1. The van der Waals surface area contributed by atoms with Crippen LogP contribution in [0, 0.1) is 11.6 Å². The molecule has 0 saturated carbocycles.